The first-order valence-electron chi connectivity index (χ1n) is 5.24. The van der Waals surface area contributed by atoms with Crippen LogP contribution in [0.3, 0.4) is 0 Å². The molecule has 1 unspecified atom stereocenters. The van der Waals surface area contributed by atoms with Crippen LogP contribution in [0.2, 0.25) is 0 Å². The van der Waals surface area contributed by atoms with Gasteiger partial charge in [0.1, 0.15) is 11.6 Å². The zero-order valence-electron chi connectivity index (χ0n) is 9.24. The van der Waals surface area contributed by atoms with Gasteiger partial charge in [0.25, 0.3) is 0 Å². The average Bonchev–Trinajstić information content (AvgIpc) is 2.28. The van der Waals surface area contributed by atoms with Crippen LogP contribution < -0.4 is 5.32 Å². The minimum absolute atomic E-state index is 0.295. The number of hydrogen-bond acceptors (Lipinski definition) is 3. The number of nitrogens with zero attached hydrogens (tertiary/aromatic N) is 1. The Morgan fingerprint density at radius 3 is 3.00 bits per heavy atom. The summed E-state index contributed by atoms with van der Waals surface area (Å²) >= 11 is 3.28. The number of fused-ring (bicyclic) bond motifs is 1. The van der Waals surface area contributed by atoms with Crippen molar-refractivity contribution in [3.05, 3.63) is 34.7 Å². The minimum Gasteiger partial charge on any atom is -0.392 e. The summed E-state index contributed by atoms with van der Waals surface area (Å²) < 4.78 is 14.3. The normalized spacial score (nSPS) is 12.7. The van der Waals surface area contributed by atoms with Gasteiger partial charge in [0.2, 0.25) is 0 Å². The SMILES string of the molecule is CC(O)CNc1ncc(Br)c2c(F)cccc12. The van der Waals surface area contributed by atoms with Crippen LogP contribution in [0.15, 0.2) is 28.9 Å². The van der Waals surface area contributed by atoms with Crippen molar-refractivity contribution < 1.29 is 9.50 Å². The van der Waals surface area contributed by atoms with Crippen molar-refractivity contribution in [2.24, 2.45) is 0 Å². The average molecular weight is 299 g/mol. The van der Waals surface area contributed by atoms with Gasteiger partial charge in [0.05, 0.1) is 6.10 Å². The van der Waals surface area contributed by atoms with Gasteiger partial charge in [-0.05, 0) is 28.9 Å². The number of pyridine rings is 1. The summed E-state index contributed by atoms with van der Waals surface area (Å²) in [6.45, 7) is 2.05. The molecule has 1 atom stereocenters. The number of anilines is 1. The molecule has 0 aliphatic rings. The zero-order valence-corrected chi connectivity index (χ0v) is 10.8. The third-order valence-corrected chi connectivity index (χ3v) is 2.98. The molecular formula is C12H12BrFN2O. The summed E-state index contributed by atoms with van der Waals surface area (Å²) in [5.74, 6) is 0.278. The molecule has 0 amide bonds. The number of rotatable bonds is 3. The Hall–Kier alpha value is -1.20. The lowest BCUT2D eigenvalue weighted by Crippen LogP contribution is -2.16. The molecule has 1 aromatic heterocycles. The van der Waals surface area contributed by atoms with Gasteiger partial charge < -0.3 is 10.4 Å². The van der Waals surface area contributed by atoms with Crippen LogP contribution in [0, 0.1) is 5.82 Å². The largest absolute Gasteiger partial charge is 0.392 e. The number of halogens is 2. The molecule has 0 spiro atoms. The molecule has 1 heterocycles. The fourth-order valence-electron chi connectivity index (χ4n) is 1.60. The van der Waals surface area contributed by atoms with Crippen molar-refractivity contribution in [2.75, 3.05) is 11.9 Å². The molecule has 90 valence electrons. The van der Waals surface area contributed by atoms with E-state index >= 15 is 0 Å². The van der Waals surface area contributed by atoms with Gasteiger partial charge in [-0.25, -0.2) is 9.37 Å². The Balaban J connectivity index is 2.51. The first-order chi connectivity index (χ1) is 8.09. The van der Waals surface area contributed by atoms with Crippen LogP contribution in [0.4, 0.5) is 10.2 Å². The maximum atomic E-state index is 13.7. The summed E-state index contributed by atoms with van der Waals surface area (Å²) in [7, 11) is 0. The van der Waals surface area contributed by atoms with Crippen molar-refractivity contribution >= 4 is 32.5 Å². The molecule has 2 N–H and O–H groups in total. The van der Waals surface area contributed by atoms with Crippen LogP contribution in [-0.4, -0.2) is 22.7 Å². The molecule has 0 saturated carbocycles. The Morgan fingerprint density at radius 2 is 2.29 bits per heavy atom. The van der Waals surface area contributed by atoms with Crippen LogP contribution in [0.5, 0.6) is 0 Å². The molecule has 2 aromatic rings. The van der Waals surface area contributed by atoms with Crippen molar-refractivity contribution in [1.82, 2.24) is 4.98 Å². The first kappa shape index (κ1) is 12.3. The fraction of sp³-hybridized carbons (Fsp3) is 0.250. The van der Waals surface area contributed by atoms with Gasteiger partial charge in [-0.2, -0.15) is 0 Å². The lowest BCUT2D eigenvalue weighted by atomic mass is 10.1. The van der Waals surface area contributed by atoms with E-state index in [1.54, 1.807) is 25.3 Å². The van der Waals surface area contributed by atoms with E-state index in [2.05, 4.69) is 26.2 Å². The van der Waals surface area contributed by atoms with E-state index in [-0.39, 0.29) is 5.82 Å². The third-order valence-electron chi connectivity index (χ3n) is 2.38. The molecule has 2 rings (SSSR count). The van der Waals surface area contributed by atoms with Crippen molar-refractivity contribution in [3.8, 4) is 0 Å². The van der Waals surface area contributed by atoms with Gasteiger partial charge in [-0.15, -0.1) is 0 Å². The molecule has 0 aliphatic carbocycles. The monoisotopic (exact) mass is 298 g/mol. The van der Waals surface area contributed by atoms with E-state index in [4.69, 9.17) is 0 Å². The van der Waals surface area contributed by atoms with Gasteiger partial charge in [0, 0.05) is 28.0 Å². The summed E-state index contributed by atoms with van der Waals surface area (Å²) in [5.41, 5.74) is 0. The number of aliphatic hydroxyl groups excluding tert-OH is 1. The van der Waals surface area contributed by atoms with Crippen molar-refractivity contribution in [3.63, 3.8) is 0 Å². The smallest absolute Gasteiger partial charge is 0.134 e. The van der Waals surface area contributed by atoms with E-state index in [0.29, 0.717) is 27.6 Å². The van der Waals surface area contributed by atoms with E-state index < -0.39 is 6.10 Å². The standard InChI is InChI=1S/C12H12BrFN2O/c1-7(17)5-15-12-8-3-2-4-10(14)11(8)9(13)6-16-12/h2-4,6-7,17H,5H2,1H3,(H,15,16). The lowest BCUT2D eigenvalue weighted by molar-refractivity contribution is 0.208. The maximum Gasteiger partial charge on any atom is 0.134 e. The molecule has 0 bridgehead atoms. The van der Waals surface area contributed by atoms with Crippen LogP contribution in [-0.2, 0) is 0 Å². The highest BCUT2D eigenvalue weighted by molar-refractivity contribution is 9.10. The second kappa shape index (κ2) is 4.98. The second-order valence-corrected chi connectivity index (χ2v) is 4.70. The highest BCUT2D eigenvalue weighted by Crippen LogP contribution is 2.30. The highest BCUT2D eigenvalue weighted by atomic mass is 79.9. The Labute approximate surface area is 107 Å². The first-order valence-corrected chi connectivity index (χ1v) is 6.03. The van der Waals surface area contributed by atoms with Crippen molar-refractivity contribution in [1.29, 1.82) is 0 Å². The topological polar surface area (TPSA) is 45.1 Å². The minimum atomic E-state index is -0.482. The van der Waals surface area contributed by atoms with E-state index in [1.807, 2.05) is 0 Å². The Bertz CT molecular complexity index is 537. The molecule has 1 aromatic carbocycles. The van der Waals surface area contributed by atoms with Gasteiger partial charge in [-0.3, -0.25) is 0 Å². The number of nitrogens with one attached hydrogen (secondary N) is 1. The molecule has 0 aliphatic heterocycles. The van der Waals surface area contributed by atoms with Gasteiger partial charge in [0.15, 0.2) is 0 Å². The molecule has 0 fully saturated rings. The molecule has 0 radical (unpaired) electrons. The summed E-state index contributed by atoms with van der Waals surface area (Å²) in [5, 5.41) is 13.4. The summed E-state index contributed by atoms with van der Waals surface area (Å²) in [6.07, 6.45) is 1.07. The lowest BCUT2D eigenvalue weighted by Gasteiger charge is -2.11. The van der Waals surface area contributed by atoms with E-state index in [1.165, 1.54) is 6.07 Å². The zero-order chi connectivity index (χ0) is 12.4. The van der Waals surface area contributed by atoms with Gasteiger partial charge in [-0.1, -0.05) is 12.1 Å². The number of aromatic nitrogens is 1. The highest BCUT2D eigenvalue weighted by Gasteiger charge is 2.10. The number of benzene rings is 1. The molecule has 0 saturated heterocycles. The molecule has 3 nitrogen and oxygen atoms in total. The molecular weight excluding hydrogens is 287 g/mol. The molecule has 17 heavy (non-hydrogen) atoms. The maximum absolute atomic E-state index is 13.7. The summed E-state index contributed by atoms with van der Waals surface area (Å²) in [4.78, 5) is 4.18. The Morgan fingerprint density at radius 1 is 1.53 bits per heavy atom. The van der Waals surface area contributed by atoms with Crippen LogP contribution in [0.1, 0.15) is 6.92 Å². The quantitative estimate of drug-likeness (QED) is 0.916. The second-order valence-electron chi connectivity index (χ2n) is 3.85. The summed E-state index contributed by atoms with van der Waals surface area (Å²) in [6, 6.07) is 4.84. The fourth-order valence-corrected chi connectivity index (χ4v) is 2.11. The van der Waals surface area contributed by atoms with E-state index in [0.717, 1.165) is 0 Å². The van der Waals surface area contributed by atoms with Gasteiger partial charge >= 0.3 is 0 Å². The van der Waals surface area contributed by atoms with E-state index in [9.17, 15) is 9.50 Å². The predicted octanol–water partition coefficient (Wildman–Crippen LogP) is 2.93. The number of aliphatic hydroxyl groups is 1. The van der Waals surface area contributed by atoms with Crippen LogP contribution >= 0.6 is 15.9 Å². The molecule has 5 heteroatoms. The Kier molecular flexibility index (Phi) is 3.59. The third kappa shape index (κ3) is 2.56. The predicted molar refractivity (Wildman–Crippen MR) is 69.6 cm³/mol. The number of hydrogen-bond donors (Lipinski definition) is 2. The van der Waals surface area contributed by atoms with Crippen molar-refractivity contribution in [2.45, 2.75) is 13.0 Å². The van der Waals surface area contributed by atoms with Crippen LogP contribution in [0.25, 0.3) is 10.8 Å².